The van der Waals surface area contributed by atoms with Crippen LogP contribution >= 0.6 is 0 Å². The molecule has 2 rings (SSSR count). The summed E-state index contributed by atoms with van der Waals surface area (Å²) in [6, 6.07) is 4.13. The summed E-state index contributed by atoms with van der Waals surface area (Å²) in [5, 5.41) is 3.38. The maximum atomic E-state index is 11.6. The summed E-state index contributed by atoms with van der Waals surface area (Å²) in [5.41, 5.74) is 0. The van der Waals surface area contributed by atoms with E-state index in [1.807, 2.05) is 19.1 Å². The van der Waals surface area contributed by atoms with Gasteiger partial charge in [0, 0.05) is 6.04 Å². The zero-order valence-electron chi connectivity index (χ0n) is 10.4. The Balaban J connectivity index is 1.88. The lowest BCUT2D eigenvalue weighted by Gasteiger charge is -2.18. The van der Waals surface area contributed by atoms with Crippen molar-refractivity contribution in [1.29, 1.82) is 0 Å². The Bertz CT molecular complexity index is 386. The van der Waals surface area contributed by atoms with Crippen LogP contribution in [-0.4, -0.2) is 19.1 Å². The normalized spacial score (nSPS) is 23.9. The fraction of sp³-hybridized carbons (Fsp3) is 0.615. The molecule has 2 unspecified atom stereocenters. The molecule has 1 aromatic rings. The van der Waals surface area contributed by atoms with Gasteiger partial charge in [-0.1, -0.05) is 6.42 Å². The Morgan fingerprint density at radius 2 is 2.35 bits per heavy atom. The minimum atomic E-state index is -0.101. The number of aryl methyl sites for hydroxylation is 1. The first-order chi connectivity index (χ1) is 8.20. The van der Waals surface area contributed by atoms with Crippen molar-refractivity contribution in [1.82, 2.24) is 5.32 Å². The molecule has 0 amide bonds. The molecule has 1 N–H and O–H groups in total. The van der Waals surface area contributed by atoms with E-state index < -0.39 is 0 Å². The van der Waals surface area contributed by atoms with Crippen LogP contribution < -0.4 is 5.32 Å². The molecule has 0 saturated heterocycles. The van der Waals surface area contributed by atoms with E-state index in [4.69, 9.17) is 9.15 Å². The van der Waals surface area contributed by atoms with Gasteiger partial charge in [0.15, 0.2) is 0 Å². The average molecular weight is 237 g/mol. The summed E-state index contributed by atoms with van der Waals surface area (Å²) in [6.07, 6.45) is 3.02. The van der Waals surface area contributed by atoms with Crippen LogP contribution in [-0.2, 0) is 16.1 Å². The number of rotatable bonds is 4. The minimum Gasteiger partial charge on any atom is -0.469 e. The highest BCUT2D eigenvalue weighted by molar-refractivity contribution is 5.73. The zero-order chi connectivity index (χ0) is 12.3. The Morgan fingerprint density at radius 3 is 3.00 bits per heavy atom. The third-order valence-electron chi connectivity index (χ3n) is 3.35. The van der Waals surface area contributed by atoms with E-state index in [-0.39, 0.29) is 17.9 Å². The number of hydrogen-bond donors (Lipinski definition) is 1. The number of nitrogens with one attached hydrogen (secondary N) is 1. The molecule has 1 aliphatic carbocycles. The molecule has 17 heavy (non-hydrogen) atoms. The van der Waals surface area contributed by atoms with Crippen molar-refractivity contribution >= 4 is 5.97 Å². The van der Waals surface area contributed by atoms with Gasteiger partial charge in [0.2, 0.25) is 0 Å². The minimum absolute atomic E-state index is 0.00365. The lowest BCUT2D eigenvalue weighted by Crippen LogP contribution is -2.36. The fourth-order valence-corrected chi connectivity index (χ4v) is 2.45. The number of furan rings is 1. The van der Waals surface area contributed by atoms with E-state index in [1.54, 1.807) is 0 Å². The lowest BCUT2D eigenvalue weighted by atomic mass is 10.0. The SMILES string of the molecule is COC(=O)C1CCCC1NCc1ccc(C)o1. The lowest BCUT2D eigenvalue weighted by molar-refractivity contribution is -0.145. The van der Waals surface area contributed by atoms with Crippen LogP contribution in [0.25, 0.3) is 0 Å². The number of hydrogen-bond acceptors (Lipinski definition) is 4. The van der Waals surface area contributed by atoms with Gasteiger partial charge < -0.3 is 14.5 Å². The number of ether oxygens (including phenoxy) is 1. The molecule has 1 saturated carbocycles. The van der Waals surface area contributed by atoms with E-state index in [0.29, 0.717) is 6.54 Å². The van der Waals surface area contributed by atoms with Gasteiger partial charge in [-0.2, -0.15) is 0 Å². The summed E-state index contributed by atoms with van der Waals surface area (Å²) in [6.45, 7) is 2.60. The van der Waals surface area contributed by atoms with E-state index in [1.165, 1.54) is 7.11 Å². The second-order valence-electron chi connectivity index (χ2n) is 4.56. The Hall–Kier alpha value is -1.29. The topological polar surface area (TPSA) is 51.5 Å². The van der Waals surface area contributed by atoms with Crippen LogP contribution in [0.1, 0.15) is 30.8 Å². The highest BCUT2D eigenvalue weighted by Gasteiger charge is 2.33. The van der Waals surface area contributed by atoms with Crippen molar-refractivity contribution < 1.29 is 13.9 Å². The largest absolute Gasteiger partial charge is 0.469 e. The van der Waals surface area contributed by atoms with Gasteiger partial charge in [0.05, 0.1) is 19.6 Å². The molecule has 0 bridgehead atoms. The van der Waals surface area contributed by atoms with Crippen molar-refractivity contribution in [2.45, 2.75) is 38.8 Å². The third kappa shape index (κ3) is 2.88. The van der Waals surface area contributed by atoms with Crippen LogP contribution in [0.2, 0.25) is 0 Å². The second-order valence-corrected chi connectivity index (χ2v) is 4.56. The van der Waals surface area contributed by atoms with Gasteiger partial charge in [0.1, 0.15) is 11.5 Å². The molecule has 1 aliphatic rings. The summed E-state index contributed by atoms with van der Waals surface area (Å²) in [4.78, 5) is 11.6. The molecule has 0 aromatic carbocycles. The Labute approximate surface area is 101 Å². The van der Waals surface area contributed by atoms with Crippen molar-refractivity contribution in [3.63, 3.8) is 0 Å². The molecule has 4 nitrogen and oxygen atoms in total. The molecule has 1 heterocycles. The summed E-state index contributed by atoms with van der Waals surface area (Å²) >= 11 is 0. The molecule has 0 spiro atoms. The number of carbonyl (C=O) groups is 1. The van der Waals surface area contributed by atoms with E-state index in [9.17, 15) is 4.79 Å². The average Bonchev–Trinajstić information content (AvgIpc) is 2.94. The molecule has 2 atom stereocenters. The van der Waals surface area contributed by atoms with E-state index in [0.717, 1.165) is 30.8 Å². The Kier molecular flexibility index (Phi) is 3.84. The fourth-order valence-electron chi connectivity index (χ4n) is 2.45. The molecule has 0 radical (unpaired) electrons. The van der Waals surface area contributed by atoms with Crippen LogP contribution in [0.15, 0.2) is 16.5 Å². The van der Waals surface area contributed by atoms with Crippen LogP contribution in [0.5, 0.6) is 0 Å². The predicted molar refractivity (Wildman–Crippen MR) is 63.4 cm³/mol. The highest BCUT2D eigenvalue weighted by atomic mass is 16.5. The molecular formula is C13H19NO3. The maximum Gasteiger partial charge on any atom is 0.310 e. The quantitative estimate of drug-likeness (QED) is 0.814. The van der Waals surface area contributed by atoms with Gasteiger partial charge in [-0.05, 0) is 31.9 Å². The van der Waals surface area contributed by atoms with Gasteiger partial charge in [-0.3, -0.25) is 4.79 Å². The van der Waals surface area contributed by atoms with Gasteiger partial charge in [-0.25, -0.2) is 0 Å². The first-order valence-electron chi connectivity index (χ1n) is 6.07. The van der Waals surface area contributed by atoms with Crippen molar-refractivity contribution in [3.05, 3.63) is 23.7 Å². The molecule has 1 aromatic heterocycles. The smallest absolute Gasteiger partial charge is 0.310 e. The Morgan fingerprint density at radius 1 is 1.53 bits per heavy atom. The van der Waals surface area contributed by atoms with E-state index in [2.05, 4.69) is 5.32 Å². The molecule has 0 aliphatic heterocycles. The molecule has 1 fully saturated rings. The monoisotopic (exact) mass is 237 g/mol. The second kappa shape index (κ2) is 5.36. The van der Waals surface area contributed by atoms with Crippen LogP contribution in [0.4, 0.5) is 0 Å². The van der Waals surface area contributed by atoms with Crippen molar-refractivity contribution in [2.75, 3.05) is 7.11 Å². The molecule has 94 valence electrons. The predicted octanol–water partition coefficient (Wildman–Crippen LogP) is 2.02. The standard InChI is InChI=1S/C13H19NO3/c1-9-6-7-10(17-9)8-14-12-5-3-4-11(12)13(15)16-2/h6-7,11-12,14H,3-5,8H2,1-2H3. The first kappa shape index (κ1) is 12.2. The van der Waals surface area contributed by atoms with Crippen molar-refractivity contribution in [3.8, 4) is 0 Å². The highest BCUT2D eigenvalue weighted by Crippen LogP contribution is 2.27. The van der Waals surface area contributed by atoms with Gasteiger partial charge >= 0.3 is 5.97 Å². The molecule has 4 heteroatoms. The summed E-state index contributed by atoms with van der Waals surface area (Å²) in [5.74, 6) is 1.72. The number of carbonyl (C=O) groups excluding carboxylic acids is 1. The summed E-state index contributed by atoms with van der Waals surface area (Å²) < 4.78 is 10.3. The zero-order valence-corrected chi connectivity index (χ0v) is 10.4. The van der Waals surface area contributed by atoms with Gasteiger partial charge in [-0.15, -0.1) is 0 Å². The maximum absolute atomic E-state index is 11.6. The van der Waals surface area contributed by atoms with Gasteiger partial charge in [0.25, 0.3) is 0 Å². The number of methoxy groups -OCH3 is 1. The van der Waals surface area contributed by atoms with Crippen LogP contribution in [0.3, 0.4) is 0 Å². The van der Waals surface area contributed by atoms with Crippen LogP contribution in [0, 0.1) is 12.8 Å². The molecular weight excluding hydrogens is 218 g/mol. The number of esters is 1. The summed E-state index contributed by atoms with van der Waals surface area (Å²) in [7, 11) is 1.45. The van der Waals surface area contributed by atoms with Crippen molar-refractivity contribution in [2.24, 2.45) is 5.92 Å². The third-order valence-corrected chi connectivity index (χ3v) is 3.35. The van der Waals surface area contributed by atoms with E-state index >= 15 is 0 Å². The first-order valence-corrected chi connectivity index (χ1v) is 6.07.